The van der Waals surface area contributed by atoms with Crippen molar-refractivity contribution in [2.24, 2.45) is 29.0 Å². The summed E-state index contributed by atoms with van der Waals surface area (Å²) in [6.45, 7) is 6.24. The van der Waals surface area contributed by atoms with Gasteiger partial charge in [-0.05, 0) is 73.7 Å². The lowest BCUT2D eigenvalue weighted by molar-refractivity contribution is -0.142. The zero-order chi connectivity index (χ0) is 45.6. The Labute approximate surface area is 368 Å². The second kappa shape index (κ2) is 22.7. The van der Waals surface area contributed by atoms with E-state index < -0.39 is 41.5 Å². The Bertz CT molecular complexity index is 2330. The minimum Gasteiger partial charge on any atom is -0.492 e. The van der Waals surface area contributed by atoms with E-state index in [1.165, 1.54) is 23.7 Å². The number of likely N-dealkylation sites (N-methyl/N-ethyl adjacent to an activating group) is 1. The van der Waals surface area contributed by atoms with Crippen LogP contribution in [-0.2, 0) is 32.0 Å². The Balaban J connectivity index is 1.57. The van der Waals surface area contributed by atoms with Gasteiger partial charge < -0.3 is 36.9 Å². The number of nitrogens with two attached hydrogens (primary N) is 3. The van der Waals surface area contributed by atoms with Gasteiger partial charge in [0.05, 0.1) is 23.4 Å². The molecule has 1 aromatic heterocycles. The Morgan fingerprint density at radius 2 is 1.60 bits per heavy atom. The van der Waals surface area contributed by atoms with Gasteiger partial charge in [-0.1, -0.05) is 50.2 Å². The molecule has 0 unspecified atom stereocenters. The summed E-state index contributed by atoms with van der Waals surface area (Å²) in [5.74, 6) is -2.69. The number of ether oxygens (including phenoxy) is 2. The highest BCUT2D eigenvalue weighted by Gasteiger charge is 2.36. The quantitative estimate of drug-likeness (QED) is 0.100. The summed E-state index contributed by atoms with van der Waals surface area (Å²) < 4.78 is 12.2. The fourth-order valence-corrected chi connectivity index (χ4v) is 7.74. The second-order valence-electron chi connectivity index (χ2n) is 15.8. The van der Waals surface area contributed by atoms with E-state index in [1.54, 1.807) is 44.2 Å². The number of rotatable bonds is 18. The Morgan fingerprint density at radius 3 is 2.22 bits per heavy atom. The number of aromatic nitrogens is 2. The Kier molecular flexibility index (Phi) is 17.2. The van der Waals surface area contributed by atoms with Crippen LogP contribution in [0.5, 0.6) is 11.5 Å². The van der Waals surface area contributed by atoms with Crippen molar-refractivity contribution in [2.45, 2.75) is 77.8 Å². The van der Waals surface area contributed by atoms with Crippen molar-refractivity contribution in [3.05, 3.63) is 94.8 Å². The number of nitrogens with zero attached hydrogens (tertiary/aromatic N) is 4. The first-order chi connectivity index (χ1) is 30.3. The van der Waals surface area contributed by atoms with E-state index in [0.717, 1.165) is 12.0 Å². The SMILES string of the molecule is CCc1ccc(-c2ncc(C(=O)C[C@@H](CCN)C(=O)N(C)[C@@H]3C(=O)C[C@@H](C)C(=O)N[C@H](C(=O)CCC#N)Cc4ccc(OCCN)c(c4)-c4cc3ccc4OCCN)c(C)n2)cc1. The van der Waals surface area contributed by atoms with Crippen molar-refractivity contribution >= 4 is 29.2 Å². The van der Waals surface area contributed by atoms with Crippen LogP contribution in [-0.4, -0.2) is 90.0 Å². The van der Waals surface area contributed by atoms with E-state index in [2.05, 4.69) is 22.2 Å². The monoisotopic (exact) mass is 858 g/mol. The van der Waals surface area contributed by atoms with Crippen LogP contribution in [0.15, 0.2) is 66.9 Å². The molecular weight excluding hydrogens is 801 g/mol. The van der Waals surface area contributed by atoms with E-state index in [1.807, 2.05) is 36.4 Å². The molecule has 0 saturated heterocycles. The average Bonchev–Trinajstić information content (AvgIpc) is 3.28. The van der Waals surface area contributed by atoms with Crippen molar-refractivity contribution in [1.29, 1.82) is 5.26 Å². The second-order valence-corrected chi connectivity index (χ2v) is 15.8. The topological polar surface area (TPSA) is 247 Å². The fourth-order valence-electron chi connectivity index (χ4n) is 7.74. The number of benzene rings is 3. The molecule has 0 spiro atoms. The molecule has 4 aromatic rings. The van der Waals surface area contributed by atoms with Crippen molar-refractivity contribution in [1.82, 2.24) is 20.2 Å². The first-order valence-electron chi connectivity index (χ1n) is 21.4. The zero-order valence-corrected chi connectivity index (χ0v) is 36.5. The van der Waals surface area contributed by atoms with E-state index in [0.29, 0.717) is 45.3 Å². The molecule has 332 valence electrons. The van der Waals surface area contributed by atoms with Crippen LogP contribution >= 0.6 is 0 Å². The number of nitrogens with one attached hydrogen (secondary N) is 1. The highest BCUT2D eigenvalue weighted by atomic mass is 16.5. The molecule has 15 nitrogen and oxygen atoms in total. The predicted molar refractivity (Wildman–Crippen MR) is 238 cm³/mol. The van der Waals surface area contributed by atoms with Gasteiger partial charge in [-0.2, -0.15) is 5.26 Å². The first kappa shape index (κ1) is 47.7. The zero-order valence-electron chi connectivity index (χ0n) is 36.5. The molecular formula is C48H58N8O7. The van der Waals surface area contributed by atoms with Gasteiger partial charge in [0.2, 0.25) is 11.8 Å². The van der Waals surface area contributed by atoms with Gasteiger partial charge >= 0.3 is 0 Å². The number of hydrogen-bond acceptors (Lipinski definition) is 13. The summed E-state index contributed by atoms with van der Waals surface area (Å²) in [4.78, 5) is 81.0. The fraction of sp³-hybridized carbons (Fsp3) is 0.417. The first-order valence-corrected chi connectivity index (χ1v) is 21.4. The van der Waals surface area contributed by atoms with E-state index >= 15 is 0 Å². The van der Waals surface area contributed by atoms with Gasteiger partial charge in [-0.3, -0.25) is 24.0 Å². The van der Waals surface area contributed by atoms with Gasteiger partial charge in [0.15, 0.2) is 23.2 Å². The molecule has 4 atom stereocenters. The maximum Gasteiger partial charge on any atom is 0.226 e. The van der Waals surface area contributed by atoms with Crippen LogP contribution in [0, 0.1) is 30.1 Å². The van der Waals surface area contributed by atoms with Crippen molar-refractivity contribution in [3.8, 4) is 40.1 Å². The van der Waals surface area contributed by atoms with Crippen LogP contribution in [0.2, 0.25) is 0 Å². The smallest absolute Gasteiger partial charge is 0.226 e. The molecule has 1 aliphatic rings. The summed E-state index contributed by atoms with van der Waals surface area (Å²) >= 11 is 0. The highest BCUT2D eigenvalue weighted by molar-refractivity contribution is 6.00. The van der Waals surface area contributed by atoms with E-state index in [9.17, 15) is 29.2 Å². The van der Waals surface area contributed by atoms with Crippen LogP contribution in [0.1, 0.15) is 84.7 Å². The Hall–Kier alpha value is -6.34. The minimum absolute atomic E-state index is 0.0302. The number of nitriles is 1. The number of fused-ring (bicyclic) bond motifs is 5. The molecule has 0 radical (unpaired) electrons. The highest BCUT2D eigenvalue weighted by Crippen LogP contribution is 2.41. The molecule has 0 fully saturated rings. The molecule has 0 aliphatic carbocycles. The molecule has 15 heteroatoms. The van der Waals surface area contributed by atoms with Crippen LogP contribution in [0.3, 0.4) is 0 Å². The lowest BCUT2D eigenvalue weighted by atomic mass is 9.88. The molecule has 1 aliphatic heterocycles. The normalized spacial score (nSPS) is 16.8. The molecule has 7 N–H and O–H groups in total. The average molecular weight is 859 g/mol. The summed E-state index contributed by atoms with van der Waals surface area (Å²) in [7, 11) is 1.50. The molecule has 2 heterocycles. The number of ketones is 3. The molecule has 0 saturated carbocycles. The van der Waals surface area contributed by atoms with Gasteiger partial charge in [0, 0.05) is 80.5 Å². The maximum atomic E-state index is 14.7. The molecule has 5 rings (SSSR count). The summed E-state index contributed by atoms with van der Waals surface area (Å²) in [5.41, 5.74) is 22.6. The summed E-state index contributed by atoms with van der Waals surface area (Å²) in [5, 5.41) is 12.1. The predicted octanol–water partition coefficient (Wildman–Crippen LogP) is 4.60. The number of hydrogen-bond donors (Lipinski definition) is 4. The van der Waals surface area contributed by atoms with Gasteiger partial charge in [-0.15, -0.1) is 0 Å². The third kappa shape index (κ3) is 12.0. The number of carbonyl (C=O) groups is 5. The van der Waals surface area contributed by atoms with Crippen LogP contribution < -0.4 is 32.0 Å². The number of Topliss-reactive ketones (excluding diaryl/α,β-unsaturated/α-hetero) is 3. The van der Waals surface area contributed by atoms with E-state index in [4.69, 9.17) is 26.7 Å². The van der Waals surface area contributed by atoms with Crippen molar-refractivity contribution < 1.29 is 33.4 Å². The third-order valence-corrected chi connectivity index (χ3v) is 11.2. The van der Waals surface area contributed by atoms with Gasteiger partial charge in [0.25, 0.3) is 0 Å². The van der Waals surface area contributed by atoms with Gasteiger partial charge in [0.1, 0.15) is 30.8 Å². The molecule has 4 bridgehead atoms. The minimum atomic E-state index is -1.23. The molecule has 63 heavy (non-hydrogen) atoms. The molecule has 2 amide bonds. The van der Waals surface area contributed by atoms with E-state index in [-0.39, 0.29) is 88.5 Å². The maximum absolute atomic E-state index is 14.7. The molecule has 3 aromatic carbocycles. The van der Waals surface area contributed by atoms with Gasteiger partial charge in [-0.25, -0.2) is 9.97 Å². The summed E-state index contributed by atoms with van der Waals surface area (Å²) in [6, 6.07) is 18.1. The van der Waals surface area contributed by atoms with Crippen molar-refractivity contribution in [3.63, 3.8) is 0 Å². The lowest BCUT2D eigenvalue weighted by Crippen LogP contribution is -2.46. The third-order valence-electron chi connectivity index (χ3n) is 11.2. The van der Waals surface area contributed by atoms with Crippen LogP contribution in [0.4, 0.5) is 0 Å². The largest absolute Gasteiger partial charge is 0.492 e. The van der Waals surface area contributed by atoms with Crippen molar-refractivity contribution in [2.75, 3.05) is 39.9 Å². The lowest BCUT2D eigenvalue weighted by Gasteiger charge is -2.32. The summed E-state index contributed by atoms with van der Waals surface area (Å²) in [6.07, 6.45) is 1.99. The number of aryl methyl sites for hydroxylation is 2. The number of amides is 2. The standard InChI is InChI=1S/C48H58N8O7/c1-5-31-8-11-33(12-9-31)46-53-28-38(30(3)54-46)41(58)27-35(16-18-50)48(61)56(4)45-34-13-15-44(63-22-20-52)37(26-34)36-24-32(10-14-43(36)62-21-19-51)25-39(40(57)7-6-17-49)55-47(60)29(2)23-42(45)59/h8-15,24,26,28-29,35,39,45H,5-7,16,18-23,25,27,50-52H2,1-4H3,(H,55,60)/t29-,35-,39+,45+/m1/s1. The van der Waals surface area contributed by atoms with Crippen LogP contribution in [0.25, 0.3) is 22.5 Å². The Morgan fingerprint density at radius 1 is 0.937 bits per heavy atom. The number of carbonyl (C=O) groups excluding carboxylic acids is 5.